The van der Waals surface area contributed by atoms with Crippen LogP contribution in [0.1, 0.15) is 43.7 Å². The summed E-state index contributed by atoms with van der Waals surface area (Å²) in [5.41, 5.74) is 7.99. The van der Waals surface area contributed by atoms with Gasteiger partial charge in [0.05, 0.1) is 5.69 Å². The first-order chi connectivity index (χ1) is 9.16. The van der Waals surface area contributed by atoms with Crippen LogP contribution in [0.2, 0.25) is 0 Å². The van der Waals surface area contributed by atoms with E-state index in [9.17, 15) is 4.79 Å². The van der Waals surface area contributed by atoms with Gasteiger partial charge in [0.1, 0.15) is 6.04 Å². The van der Waals surface area contributed by atoms with Gasteiger partial charge >= 0.3 is 0 Å². The van der Waals surface area contributed by atoms with E-state index in [0.717, 1.165) is 22.3 Å². The first-order valence-electron chi connectivity index (χ1n) is 7.03. The number of nitrogens with zero attached hydrogens (tertiary/aromatic N) is 1. The van der Waals surface area contributed by atoms with Crippen LogP contribution in [0.5, 0.6) is 0 Å². The van der Waals surface area contributed by atoms with Gasteiger partial charge in [-0.2, -0.15) is 0 Å². The molecule has 0 saturated heterocycles. The lowest BCUT2D eigenvalue weighted by Gasteiger charge is -2.27. The Bertz CT molecular complexity index is 497. The first kappa shape index (κ1) is 13.1. The van der Waals surface area contributed by atoms with Gasteiger partial charge in [-0.25, -0.2) is 0 Å². The topological polar surface area (TPSA) is 46.3 Å². The molecule has 2 aliphatic rings. The summed E-state index contributed by atoms with van der Waals surface area (Å²) >= 11 is 3.48. The van der Waals surface area contributed by atoms with Crippen molar-refractivity contribution in [3.63, 3.8) is 0 Å². The third kappa shape index (κ3) is 2.43. The molecular weight excluding hydrogens is 304 g/mol. The Morgan fingerprint density at radius 1 is 1.26 bits per heavy atom. The molecule has 2 N–H and O–H groups in total. The molecular formula is C15H19BrN2O. The lowest BCUT2D eigenvalue weighted by Crippen LogP contribution is -2.36. The molecule has 0 bridgehead atoms. The van der Waals surface area contributed by atoms with Crippen molar-refractivity contribution < 1.29 is 4.79 Å². The third-order valence-electron chi connectivity index (χ3n) is 4.32. The monoisotopic (exact) mass is 322 g/mol. The second kappa shape index (κ2) is 5.25. The number of carbonyl (C=O) groups excluding carboxylic acids is 1. The molecule has 0 aromatic heterocycles. The summed E-state index contributed by atoms with van der Waals surface area (Å²) < 4.78 is 1.00. The standard InChI is InChI=1S/C15H19BrN2O/c16-11-6-7-12-13(8-11)18(15(19)14(12)17)9-10-4-2-1-3-5-10/h6-8,10,14H,1-5,9,17H2. The van der Waals surface area contributed by atoms with Gasteiger partial charge in [-0.15, -0.1) is 0 Å². The number of carbonyl (C=O) groups is 1. The fourth-order valence-corrected chi connectivity index (χ4v) is 3.60. The van der Waals surface area contributed by atoms with Gasteiger partial charge in [-0.05, 0) is 30.9 Å². The summed E-state index contributed by atoms with van der Waals surface area (Å²) in [5, 5.41) is 0. The predicted molar refractivity (Wildman–Crippen MR) is 80.0 cm³/mol. The SMILES string of the molecule is NC1C(=O)N(CC2CCCCC2)c2cc(Br)ccc21. The summed E-state index contributed by atoms with van der Waals surface area (Å²) in [4.78, 5) is 14.2. The van der Waals surface area contributed by atoms with Crippen molar-refractivity contribution in [2.75, 3.05) is 11.4 Å². The highest BCUT2D eigenvalue weighted by Crippen LogP contribution is 2.38. The molecule has 19 heavy (non-hydrogen) atoms. The Morgan fingerprint density at radius 3 is 2.74 bits per heavy atom. The van der Waals surface area contributed by atoms with Gasteiger partial charge in [0.2, 0.25) is 5.91 Å². The number of hydrogen-bond donors (Lipinski definition) is 1. The molecule has 4 heteroatoms. The molecule has 0 spiro atoms. The summed E-state index contributed by atoms with van der Waals surface area (Å²) in [6.45, 7) is 0.829. The molecule has 102 valence electrons. The number of benzene rings is 1. The van der Waals surface area contributed by atoms with Crippen LogP contribution in [0, 0.1) is 5.92 Å². The van der Waals surface area contributed by atoms with E-state index >= 15 is 0 Å². The number of rotatable bonds is 2. The number of fused-ring (bicyclic) bond motifs is 1. The van der Waals surface area contributed by atoms with Gasteiger partial charge in [-0.1, -0.05) is 41.3 Å². The zero-order valence-corrected chi connectivity index (χ0v) is 12.5. The molecule has 1 heterocycles. The molecule has 1 amide bonds. The molecule has 3 rings (SSSR count). The van der Waals surface area contributed by atoms with Crippen molar-refractivity contribution in [1.82, 2.24) is 0 Å². The largest absolute Gasteiger partial charge is 0.316 e. The Kier molecular flexibility index (Phi) is 3.63. The van der Waals surface area contributed by atoms with E-state index in [1.165, 1.54) is 32.1 Å². The molecule has 1 aromatic carbocycles. The highest BCUT2D eigenvalue weighted by atomic mass is 79.9. The van der Waals surface area contributed by atoms with E-state index < -0.39 is 6.04 Å². The van der Waals surface area contributed by atoms with Crippen LogP contribution >= 0.6 is 15.9 Å². The van der Waals surface area contributed by atoms with Gasteiger partial charge in [0.25, 0.3) is 0 Å². The van der Waals surface area contributed by atoms with Gasteiger partial charge in [0.15, 0.2) is 0 Å². The highest BCUT2D eigenvalue weighted by Gasteiger charge is 2.36. The van der Waals surface area contributed by atoms with E-state index in [0.29, 0.717) is 5.92 Å². The molecule has 1 fully saturated rings. The Hall–Kier alpha value is -0.870. The molecule has 1 saturated carbocycles. The van der Waals surface area contributed by atoms with Gasteiger partial charge < -0.3 is 10.6 Å². The second-order valence-corrected chi connectivity index (χ2v) is 6.55. The van der Waals surface area contributed by atoms with Crippen molar-refractivity contribution in [2.45, 2.75) is 38.1 Å². The summed E-state index contributed by atoms with van der Waals surface area (Å²) in [7, 11) is 0. The number of amides is 1. The lowest BCUT2D eigenvalue weighted by molar-refractivity contribution is -0.119. The zero-order chi connectivity index (χ0) is 13.4. The minimum absolute atomic E-state index is 0.0543. The molecule has 1 aromatic rings. The Morgan fingerprint density at radius 2 is 2.00 bits per heavy atom. The van der Waals surface area contributed by atoms with Crippen LogP contribution in [0.25, 0.3) is 0 Å². The number of anilines is 1. The lowest BCUT2D eigenvalue weighted by atomic mass is 9.89. The van der Waals surface area contributed by atoms with Gasteiger partial charge in [0, 0.05) is 16.6 Å². The maximum atomic E-state index is 12.3. The molecule has 1 aliphatic carbocycles. The van der Waals surface area contributed by atoms with Crippen LogP contribution in [0.4, 0.5) is 5.69 Å². The van der Waals surface area contributed by atoms with E-state index in [-0.39, 0.29) is 5.91 Å². The van der Waals surface area contributed by atoms with Crippen molar-refractivity contribution in [3.8, 4) is 0 Å². The average molecular weight is 323 g/mol. The van der Waals surface area contributed by atoms with Crippen molar-refractivity contribution in [1.29, 1.82) is 0 Å². The Labute approximate surface area is 122 Å². The van der Waals surface area contributed by atoms with E-state index in [1.807, 2.05) is 23.1 Å². The third-order valence-corrected chi connectivity index (χ3v) is 4.81. The average Bonchev–Trinajstić information content (AvgIpc) is 2.65. The number of nitrogens with two attached hydrogens (primary N) is 1. The predicted octanol–water partition coefficient (Wildman–Crippen LogP) is 3.38. The summed E-state index contributed by atoms with van der Waals surface area (Å²) in [5.74, 6) is 0.688. The first-order valence-corrected chi connectivity index (χ1v) is 7.82. The molecule has 1 unspecified atom stereocenters. The van der Waals surface area contributed by atoms with E-state index in [4.69, 9.17) is 5.73 Å². The Balaban J connectivity index is 1.85. The van der Waals surface area contributed by atoms with Crippen LogP contribution in [-0.4, -0.2) is 12.5 Å². The second-order valence-electron chi connectivity index (χ2n) is 5.63. The van der Waals surface area contributed by atoms with E-state index in [1.54, 1.807) is 0 Å². The van der Waals surface area contributed by atoms with Crippen LogP contribution < -0.4 is 10.6 Å². The maximum absolute atomic E-state index is 12.3. The van der Waals surface area contributed by atoms with Crippen molar-refractivity contribution in [2.24, 2.45) is 11.7 Å². The minimum Gasteiger partial charge on any atom is -0.316 e. The van der Waals surface area contributed by atoms with Crippen LogP contribution in [0.3, 0.4) is 0 Å². The summed E-state index contributed by atoms with van der Waals surface area (Å²) in [6.07, 6.45) is 6.41. The highest BCUT2D eigenvalue weighted by molar-refractivity contribution is 9.10. The zero-order valence-electron chi connectivity index (χ0n) is 10.9. The maximum Gasteiger partial charge on any atom is 0.248 e. The van der Waals surface area contributed by atoms with Crippen LogP contribution in [0.15, 0.2) is 22.7 Å². The molecule has 1 aliphatic heterocycles. The number of halogens is 1. The fourth-order valence-electron chi connectivity index (χ4n) is 3.25. The number of hydrogen-bond acceptors (Lipinski definition) is 2. The smallest absolute Gasteiger partial charge is 0.248 e. The normalized spacial score (nSPS) is 23.8. The quantitative estimate of drug-likeness (QED) is 0.907. The molecule has 3 nitrogen and oxygen atoms in total. The van der Waals surface area contributed by atoms with Crippen molar-refractivity contribution >= 4 is 27.5 Å². The van der Waals surface area contributed by atoms with Gasteiger partial charge in [-0.3, -0.25) is 4.79 Å². The van der Waals surface area contributed by atoms with Crippen molar-refractivity contribution in [3.05, 3.63) is 28.2 Å². The fraction of sp³-hybridized carbons (Fsp3) is 0.533. The molecule has 1 atom stereocenters. The van der Waals surface area contributed by atoms with Crippen LogP contribution in [-0.2, 0) is 4.79 Å². The van der Waals surface area contributed by atoms with E-state index in [2.05, 4.69) is 15.9 Å². The summed E-state index contributed by atoms with van der Waals surface area (Å²) in [6, 6.07) is 5.45. The molecule has 0 radical (unpaired) electrons. The minimum atomic E-state index is -0.480.